The van der Waals surface area contributed by atoms with E-state index in [1.165, 1.54) is 0 Å². The Hall–Kier alpha value is -1.11. The van der Waals surface area contributed by atoms with E-state index in [1.54, 1.807) is 0 Å². The molecular weight excluding hydrogens is 259 g/mol. The van der Waals surface area contributed by atoms with E-state index >= 15 is 0 Å². The van der Waals surface area contributed by atoms with Gasteiger partial charge < -0.3 is 9.84 Å². The van der Waals surface area contributed by atoms with Gasteiger partial charge in [-0.3, -0.25) is 0 Å². The molecule has 106 valence electrons. The summed E-state index contributed by atoms with van der Waals surface area (Å²) in [4.78, 5) is 4.05. The maximum absolute atomic E-state index is 13.3. The fraction of sp³-hybridized carbons (Fsp3) is 0.833. The van der Waals surface area contributed by atoms with E-state index in [-0.39, 0.29) is 30.2 Å². The average Bonchev–Trinajstić information content (AvgIpc) is 2.82. The minimum Gasteiger partial charge on any atom is -0.338 e. The average molecular weight is 275 g/mol. The number of rotatable bonds is 2. The molecule has 0 spiro atoms. The zero-order valence-corrected chi connectivity index (χ0v) is 10.8. The van der Waals surface area contributed by atoms with Crippen molar-refractivity contribution in [1.82, 2.24) is 15.5 Å². The highest BCUT2D eigenvalue weighted by atomic mass is 19.4. The highest BCUT2D eigenvalue weighted by Gasteiger charge is 2.61. The second kappa shape index (κ2) is 3.71. The minimum absolute atomic E-state index is 0.0494. The van der Waals surface area contributed by atoms with Crippen LogP contribution < -0.4 is 5.32 Å². The Labute approximate surface area is 108 Å². The van der Waals surface area contributed by atoms with Crippen LogP contribution in [0.1, 0.15) is 44.3 Å². The van der Waals surface area contributed by atoms with Crippen molar-refractivity contribution in [3.8, 4) is 0 Å². The van der Waals surface area contributed by atoms with E-state index in [1.807, 2.05) is 13.8 Å². The topological polar surface area (TPSA) is 51.0 Å². The summed E-state index contributed by atoms with van der Waals surface area (Å²) in [5, 5.41) is 6.50. The number of nitrogens with zero attached hydrogens (tertiary/aromatic N) is 2. The first-order valence-corrected chi connectivity index (χ1v) is 6.38. The Morgan fingerprint density at radius 1 is 1.37 bits per heavy atom. The van der Waals surface area contributed by atoms with Gasteiger partial charge in [-0.05, 0) is 24.8 Å². The van der Waals surface area contributed by atoms with Gasteiger partial charge in [-0.15, -0.1) is 0 Å². The van der Waals surface area contributed by atoms with Crippen molar-refractivity contribution >= 4 is 0 Å². The molecule has 0 amide bonds. The van der Waals surface area contributed by atoms with Gasteiger partial charge in [-0.25, -0.2) is 0 Å². The fourth-order valence-electron chi connectivity index (χ4n) is 2.72. The summed E-state index contributed by atoms with van der Waals surface area (Å²) in [6.45, 7) is 4.22. The van der Waals surface area contributed by atoms with Crippen molar-refractivity contribution in [2.75, 3.05) is 13.1 Å². The zero-order chi connectivity index (χ0) is 13.9. The van der Waals surface area contributed by atoms with E-state index in [0.717, 1.165) is 6.42 Å². The van der Waals surface area contributed by atoms with Gasteiger partial charge >= 0.3 is 6.18 Å². The van der Waals surface area contributed by atoms with Gasteiger partial charge in [0.05, 0.1) is 0 Å². The molecule has 2 fully saturated rings. The van der Waals surface area contributed by atoms with E-state index in [9.17, 15) is 13.2 Å². The molecule has 2 unspecified atom stereocenters. The molecule has 2 heterocycles. The predicted molar refractivity (Wildman–Crippen MR) is 60.7 cm³/mol. The molecule has 0 aromatic carbocycles. The van der Waals surface area contributed by atoms with Crippen molar-refractivity contribution in [1.29, 1.82) is 0 Å². The molecule has 1 aromatic heterocycles. The Balaban J connectivity index is 1.93. The van der Waals surface area contributed by atoms with E-state index < -0.39 is 11.6 Å². The van der Waals surface area contributed by atoms with Crippen LogP contribution in [0.15, 0.2) is 4.52 Å². The predicted octanol–water partition coefficient (Wildman–Crippen LogP) is 2.38. The van der Waals surface area contributed by atoms with Crippen molar-refractivity contribution in [2.45, 2.75) is 44.2 Å². The van der Waals surface area contributed by atoms with Gasteiger partial charge in [-0.1, -0.05) is 19.0 Å². The molecule has 7 heteroatoms. The lowest BCUT2D eigenvalue weighted by molar-refractivity contribution is -0.191. The van der Waals surface area contributed by atoms with E-state index in [4.69, 9.17) is 4.52 Å². The summed E-state index contributed by atoms with van der Waals surface area (Å²) in [6, 6.07) is 0. The molecule has 2 atom stereocenters. The SMILES string of the molecule is CC1(C)CC1c1noc(C2(C(F)(F)F)CCNC2)n1. The Kier molecular flexibility index (Phi) is 2.52. The molecule has 1 aliphatic heterocycles. The molecule has 1 aromatic rings. The molecule has 1 saturated carbocycles. The van der Waals surface area contributed by atoms with Gasteiger partial charge in [0.15, 0.2) is 11.2 Å². The normalized spacial score (nSPS) is 33.6. The lowest BCUT2D eigenvalue weighted by Gasteiger charge is -2.26. The summed E-state index contributed by atoms with van der Waals surface area (Å²) >= 11 is 0. The lowest BCUT2D eigenvalue weighted by atomic mass is 9.86. The molecule has 0 radical (unpaired) electrons. The smallest absolute Gasteiger partial charge is 0.338 e. The van der Waals surface area contributed by atoms with E-state index in [2.05, 4.69) is 15.5 Å². The maximum atomic E-state index is 13.3. The molecule has 0 bridgehead atoms. The molecule has 1 aliphatic carbocycles. The van der Waals surface area contributed by atoms with Gasteiger partial charge in [0, 0.05) is 12.5 Å². The monoisotopic (exact) mass is 275 g/mol. The second-order valence-corrected chi connectivity index (χ2v) is 6.21. The summed E-state index contributed by atoms with van der Waals surface area (Å²) < 4.78 is 44.9. The molecule has 3 rings (SSSR count). The minimum atomic E-state index is -4.38. The van der Waals surface area contributed by atoms with Crippen LogP contribution in [0.5, 0.6) is 0 Å². The largest absolute Gasteiger partial charge is 0.404 e. The summed E-state index contributed by atoms with van der Waals surface area (Å²) in [5.74, 6) is 0.239. The van der Waals surface area contributed by atoms with Crippen molar-refractivity contribution in [3.63, 3.8) is 0 Å². The Bertz CT molecular complexity index is 489. The summed E-state index contributed by atoms with van der Waals surface area (Å²) in [6.07, 6.45) is -3.53. The van der Waals surface area contributed by atoms with Crippen LogP contribution in [0, 0.1) is 5.41 Å². The number of halogens is 3. The van der Waals surface area contributed by atoms with Gasteiger partial charge in [0.1, 0.15) is 0 Å². The number of nitrogens with one attached hydrogen (secondary N) is 1. The molecular formula is C12H16F3N3O. The number of aromatic nitrogens is 2. The van der Waals surface area contributed by atoms with Crippen LogP contribution in [0.25, 0.3) is 0 Å². The molecule has 19 heavy (non-hydrogen) atoms. The first-order valence-electron chi connectivity index (χ1n) is 6.38. The molecule has 1 N–H and O–H groups in total. The quantitative estimate of drug-likeness (QED) is 0.900. The Morgan fingerprint density at radius 3 is 2.53 bits per heavy atom. The van der Waals surface area contributed by atoms with Crippen LogP contribution >= 0.6 is 0 Å². The molecule has 4 nitrogen and oxygen atoms in total. The number of alkyl halides is 3. The summed E-state index contributed by atoms with van der Waals surface area (Å²) in [5.41, 5.74) is -1.95. The molecule has 1 saturated heterocycles. The van der Waals surface area contributed by atoms with Gasteiger partial charge in [0.25, 0.3) is 0 Å². The van der Waals surface area contributed by atoms with Crippen molar-refractivity contribution in [2.24, 2.45) is 5.41 Å². The van der Waals surface area contributed by atoms with Crippen LogP contribution in [-0.4, -0.2) is 29.4 Å². The van der Waals surface area contributed by atoms with E-state index in [0.29, 0.717) is 12.4 Å². The summed E-state index contributed by atoms with van der Waals surface area (Å²) in [7, 11) is 0. The lowest BCUT2D eigenvalue weighted by Crippen LogP contribution is -2.44. The van der Waals surface area contributed by atoms with Crippen LogP contribution in [0.4, 0.5) is 13.2 Å². The first-order chi connectivity index (χ1) is 8.76. The third-order valence-corrected chi connectivity index (χ3v) is 4.37. The van der Waals surface area contributed by atoms with Gasteiger partial charge in [-0.2, -0.15) is 18.2 Å². The third kappa shape index (κ3) is 1.86. The number of hydrogen-bond acceptors (Lipinski definition) is 4. The third-order valence-electron chi connectivity index (χ3n) is 4.37. The number of hydrogen-bond donors (Lipinski definition) is 1. The van der Waals surface area contributed by atoms with Gasteiger partial charge in [0.2, 0.25) is 5.89 Å². The van der Waals surface area contributed by atoms with Crippen LogP contribution in [0.2, 0.25) is 0 Å². The van der Waals surface area contributed by atoms with Crippen molar-refractivity contribution in [3.05, 3.63) is 11.7 Å². The first kappa shape index (κ1) is 12.9. The van der Waals surface area contributed by atoms with Crippen LogP contribution in [-0.2, 0) is 5.41 Å². The highest BCUT2D eigenvalue weighted by Crippen LogP contribution is 2.58. The standard InChI is InChI=1S/C12H16F3N3O/c1-10(2)5-7(10)8-17-9(19-18-8)11(12(13,14)15)3-4-16-6-11/h7,16H,3-6H2,1-2H3. The second-order valence-electron chi connectivity index (χ2n) is 6.21. The Morgan fingerprint density at radius 2 is 2.05 bits per heavy atom. The van der Waals surface area contributed by atoms with Crippen molar-refractivity contribution < 1.29 is 17.7 Å². The zero-order valence-electron chi connectivity index (χ0n) is 10.8. The maximum Gasteiger partial charge on any atom is 0.404 e. The molecule has 2 aliphatic rings. The fourth-order valence-corrected chi connectivity index (χ4v) is 2.72. The highest BCUT2D eigenvalue weighted by molar-refractivity contribution is 5.19. The van der Waals surface area contributed by atoms with Crippen LogP contribution in [0.3, 0.4) is 0 Å².